The Balaban J connectivity index is 1.97. The zero-order valence-electron chi connectivity index (χ0n) is 11.5. The van der Waals surface area contributed by atoms with Gasteiger partial charge in [0.05, 0.1) is 7.11 Å². The van der Waals surface area contributed by atoms with Gasteiger partial charge in [-0.15, -0.1) is 0 Å². The van der Waals surface area contributed by atoms with Gasteiger partial charge in [0.15, 0.2) is 0 Å². The van der Waals surface area contributed by atoms with Crippen LogP contribution in [0.25, 0.3) is 0 Å². The Morgan fingerprint density at radius 1 is 1.14 bits per heavy atom. The molecule has 5 nitrogen and oxygen atoms in total. The molecule has 1 aliphatic heterocycles. The standard InChI is InChI=1S/C16H16O5/c1-20-12-4-5-13(14(18)7-12)16(19)8-10-2-3-11(17)6-15(10)21-9-16/h2-7,17-19H,8-9H2,1H3. The first-order valence-corrected chi connectivity index (χ1v) is 6.56. The van der Waals surface area contributed by atoms with E-state index in [1.807, 2.05) is 0 Å². The van der Waals surface area contributed by atoms with Crippen LogP contribution in [0.1, 0.15) is 11.1 Å². The van der Waals surface area contributed by atoms with Crippen LogP contribution in [0.5, 0.6) is 23.0 Å². The van der Waals surface area contributed by atoms with Crippen LogP contribution in [0, 0.1) is 0 Å². The molecule has 0 radical (unpaired) electrons. The van der Waals surface area contributed by atoms with Gasteiger partial charge in [-0.3, -0.25) is 0 Å². The van der Waals surface area contributed by atoms with Gasteiger partial charge >= 0.3 is 0 Å². The zero-order valence-corrected chi connectivity index (χ0v) is 11.5. The van der Waals surface area contributed by atoms with Crippen LogP contribution in [0.4, 0.5) is 0 Å². The minimum Gasteiger partial charge on any atom is -0.508 e. The lowest BCUT2D eigenvalue weighted by molar-refractivity contribution is -0.0233. The van der Waals surface area contributed by atoms with Crippen molar-refractivity contribution >= 4 is 0 Å². The Bertz CT molecular complexity index is 682. The summed E-state index contributed by atoms with van der Waals surface area (Å²) in [5.41, 5.74) is -0.154. The summed E-state index contributed by atoms with van der Waals surface area (Å²) in [5.74, 6) is 1.14. The van der Waals surface area contributed by atoms with E-state index >= 15 is 0 Å². The number of aliphatic hydroxyl groups is 1. The first kappa shape index (κ1) is 13.6. The SMILES string of the molecule is COc1ccc(C2(O)COc3cc(O)ccc3C2)c(O)c1. The molecule has 1 unspecified atom stereocenters. The molecule has 21 heavy (non-hydrogen) atoms. The van der Waals surface area contributed by atoms with E-state index in [2.05, 4.69) is 0 Å². The zero-order chi connectivity index (χ0) is 15.0. The first-order valence-electron chi connectivity index (χ1n) is 6.56. The van der Waals surface area contributed by atoms with Gasteiger partial charge in [-0.25, -0.2) is 0 Å². The molecule has 1 heterocycles. The van der Waals surface area contributed by atoms with Gasteiger partial charge in [-0.1, -0.05) is 6.07 Å². The average molecular weight is 288 g/mol. The lowest BCUT2D eigenvalue weighted by Crippen LogP contribution is -2.38. The van der Waals surface area contributed by atoms with Crippen molar-refractivity contribution in [1.82, 2.24) is 0 Å². The van der Waals surface area contributed by atoms with Crippen molar-refractivity contribution in [3.63, 3.8) is 0 Å². The van der Waals surface area contributed by atoms with E-state index in [0.717, 1.165) is 5.56 Å². The molecule has 2 aromatic carbocycles. The van der Waals surface area contributed by atoms with Crippen molar-refractivity contribution in [2.24, 2.45) is 0 Å². The highest BCUT2D eigenvalue weighted by atomic mass is 16.5. The largest absolute Gasteiger partial charge is 0.508 e. The van der Waals surface area contributed by atoms with Crippen LogP contribution in [-0.4, -0.2) is 29.0 Å². The van der Waals surface area contributed by atoms with Gasteiger partial charge in [0.1, 0.15) is 35.2 Å². The van der Waals surface area contributed by atoms with Crippen molar-refractivity contribution in [3.8, 4) is 23.0 Å². The van der Waals surface area contributed by atoms with Gasteiger partial charge in [-0.05, 0) is 23.8 Å². The summed E-state index contributed by atoms with van der Waals surface area (Å²) in [6.45, 7) is 0.00332. The normalized spacial score (nSPS) is 20.5. The van der Waals surface area contributed by atoms with Gasteiger partial charge in [0.2, 0.25) is 0 Å². The van der Waals surface area contributed by atoms with Crippen molar-refractivity contribution in [2.75, 3.05) is 13.7 Å². The van der Waals surface area contributed by atoms with E-state index in [0.29, 0.717) is 23.5 Å². The number of hydrogen-bond acceptors (Lipinski definition) is 5. The van der Waals surface area contributed by atoms with Gasteiger partial charge in [-0.2, -0.15) is 0 Å². The summed E-state index contributed by atoms with van der Waals surface area (Å²) in [5, 5.41) is 30.4. The van der Waals surface area contributed by atoms with Crippen molar-refractivity contribution in [2.45, 2.75) is 12.0 Å². The molecule has 1 aliphatic rings. The molecule has 0 aromatic heterocycles. The maximum absolute atomic E-state index is 10.8. The predicted octanol–water partition coefficient (Wildman–Crippen LogP) is 1.93. The fourth-order valence-corrected chi connectivity index (χ4v) is 2.59. The molecule has 0 saturated carbocycles. The number of fused-ring (bicyclic) bond motifs is 1. The molecule has 0 amide bonds. The second-order valence-electron chi connectivity index (χ2n) is 5.17. The number of hydrogen-bond donors (Lipinski definition) is 3. The van der Waals surface area contributed by atoms with E-state index in [9.17, 15) is 15.3 Å². The number of benzene rings is 2. The van der Waals surface area contributed by atoms with Gasteiger partial charge in [0, 0.05) is 24.1 Å². The van der Waals surface area contributed by atoms with Crippen molar-refractivity contribution < 1.29 is 24.8 Å². The summed E-state index contributed by atoms with van der Waals surface area (Å²) >= 11 is 0. The van der Waals surface area contributed by atoms with E-state index < -0.39 is 5.60 Å². The molecule has 110 valence electrons. The van der Waals surface area contributed by atoms with Crippen LogP contribution in [0.15, 0.2) is 36.4 Å². The Kier molecular flexibility index (Phi) is 3.14. The van der Waals surface area contributed by atoms with Gasteiger partial charge in [0.25, 0.3) is 0 Å². The molecular formula is C16H16O5. The van der Waals surface area contributed by atoms with E-state index in [1.165, 1.54) is 19.2 Å². The third-order valence-electron chi connectivity index (χ3n) is 3.71. The van der Waals surface area contributed by atoms with Crippen LogP contribution in [0.3, 0.4) is 0 Å². The predicted molar refractivity (Wildman–Crippen MR) is 75.9 cm³/mol. The fraction of sp³-hybridized carbons (Fsp3) is 0.250. The van der Waals surface area contributed by atoms with Crippen molar-refractivity contribution in [1.29, 1.82) is 0 Å². The third-order valence-corrected chi connectivity index (χ3v) is 3.71. The highest BCUT2D eigenvalue weighted by molar-refractivity contribution is 5.48. The Morgan fingerprint density at radius 2 is 1.95 bits per heavy atom. The molecule has 0 bridgehead atoms. The number of phenolic OH excluding ortho intramolecular Hbond substituents is 2. The summed E-state index contributed by atoms with van der Waals surface area (Å²) in [7, 11) is 1.51. The lowest BCUT2D eigenvalue weighted by atomic mass is 9.85. The second-order valence-corrected chi connectivity index (χ2v) is 5.17. The second kappa shape index (κ2) is 4.86. The van der Waals surface area contributed by atoms with Crippen LogP contribution in [-0.2, 0) is 12.0 Å². The lowest BCUT2D eigenvalue weighted by Gasteiger charge is -2.34. The summed E-state index contributed by atoms with van der Waals surface area (Å²) < 4.78 is 10.6. The number of ether oxygens (including phenoxy) is 2. The molecule has 0 saturated heterocycles. The molecule has 0 fully saturated rings. The number of rotatable bonds is 2. The highest BCUT2D eigenvalue weighted by Crippen LogP contribution is 2.40. The first-order chi connectivity index (χ1) is 10.0. The summed E-state index contributed by atoms with van der Waals surface area (Å²) in [4.78, 5) is 0. The van der Waals surface area contributed by atoms with E-state index in [-0.39, 0.29) is 18.1 Å². The maximum Gasteiger partial charge on any atom is 0.131 e. The number of phenols is 2. The number of aromatic hydroxyl groups is 2. The maximum atomic E-state index is 10.8. The molecule has 0 spiro atoms. The Morgan fingerprint density at radius 3 is 2.67 bits per heavy atom. The molecule has 2 aromatic rings. The summed E-state index contributed by atoms with van der Waals surface area (Å²) in [6.07, 6.45) is 0.294. The molecular weight excluding hydrogens is 272 g/mol. The smallest absolute Gasteiger partial charge is 0.131 e. The van der Waals surface area contributed by atoms with E-state index in [4.69, 9.17) is 9.47 Å². The van der Waals surface area contributed by atoms with Gasteiger partial charge < -0.3 is 24.8 Å². The highest BCUT2D eigenvalue weighted by Gasteiger charge is 2.37. The molecule has 3 rings (SSSR count). The molecule has 1 atom stereocenters. The Hall–Kier alpha value is -2.40. The number of methoxy groups -OCH3 is 1. The van der Waals surface area contributed by atoms with E-state index in [1.54, 1.807) is 24.3 Å². The van der Waals surface area contributed by atoms with Crippen molar-refractivity contribution in [3.05, 3.63) is 47.5 Å². The quantitative estimate of drug-likeness (QED) is 0.787. The van der Waals surface area contributed by atoms with Crippen LogP contribution in [0.2, 0.25) is 0 Å². The van der Waals surface area contributed by atoms with Crippen LogP contribution >= 0.6 is 0 Å². The topological polar surface area (TPSA) is 79.2 Å². The average Bonchev–Trinajstić information content (AvgIpc) is 2.47. The van der Waals surface area contributed by atoms with Crippen LogP contribution < -0.4 is 9.47 Å². The minimum atomic E-state index is -1.32. The Labute approximate surface area is 122 Å². The molecule has 0 aliphatic carbocycles. The monoisotopic (exact) mass is 288 g/mol. The molecule has 5 heteroatoms. The third kappa shape index (κ3) is 2.36. The molecule has 3 N–H and O–H groups in total. The fourth-order valence-electron chi connectivity index (χ4n) is 2.59. The minimum absolute atomic E-state index is 0.00332. The summed E-state index contributed by atoms with van der Waals surface area (Å²) in [6, 6.07) is 9.53.